The molecule has 0 saturated carbocycles. The number of carbonyl (C=O) groups is 1. The molecule has 0 saturated heterocycles. The predicted molar refractivity (Wildman–Crippen MR) is 71.0 cm³/mol. The second kappa shape index (κ2) is 6.51. The molecule has 5 heteroatoms. The predicted octanol–water partition coefficient (Wildman–Crippen LogP) is 1.57. The lowest BCUT2D eigenvalue weighted by Crippen LogP contribution is -2.42. The van der Waals surface area contributed by atoms with Gasteiger partial charge in [-0.25, -0.2) is 4.98 Å². The molecule has 1 amide bonds. The number of hydrogen-bond acceptors (Lipinski definition) is 4. The molecule has 94 valence electrons. The van der Waals surface area contributed by atoms with Gasteiger partial charge in [0.2, 0.25) is 5.91 Å². The summed E-state index contributed by atoms with van der Waals surface area (Å²) < 4.78 is 0. The molecule has 0 fully saturated rings. The molecule has 1 aromatic rings. The Balaban J connectivity index is 2.48. The van der Waals surface area contributed by atoms with E-state index in [0.717, 1.165) is 10.7 Å². The summed E-state index contributed by atoms with van der Waals surface area (Å²) in [7, 11) is 1.92. The van der Waals surface area contributed by atoms with Crippen LogP contribution in [-0.4, -0.2) is 35.4 Å². The third-order valence-electron chi connectivity index (χ3n) is 2.54. The number of aromatic nitrogens is 1. The standard InChI is InChI=1S/C12H19N3OS/c1-5-6-13-12(16)9(2)15(4)7-11-8-17-10(3)14-11/h5,8-9H,1,6-7H2,2-4H3,(H,13,16). The fraction of sp³-hybridized carbons (Fsp3) is 0.500. The lowest BCUT2D eigenvalue weighted by molar-refractivity contribution is -0.125. The summed E-state index contributed by atoms with van der Waals surface area (Å²) in [4.78, 5) is 18.1. The first kappa shape index (κ1) is 13.9. The van der Waals surface area contributed by atoms with Crippen LogP contribution in [0.3, 0.4) is 0 Å². The molecule has 0 spiro atoms. The maximum absolute atomic E-state index is 11.7. The lowest BCUT2D eigenvalue weighted by atomic mass is 10.2. The lowest BCUT2D eigenvalue weighted by Gasteiger charge is -2.22. The highest BCUT2D eigenvalue weighted by atomic mass is 32.1. The average molecular weight is 253 g/mol. The van der Waals surface area contributed by atoms with Crippen LogP contribution in [0.4, 0.5) is 0 Å². The van der Waals surface area contributed by atoms with Crippen molar-refractivity contribution in [3.05, 3.63) is 28.7 Å². The summed E-state index contributed by atoms with van der Waals surface area (Å²) in [6.45, 7) is 8.63. The van der Waals surface area contributed by atoms with Gasteiger partial charge in [-0.05, 0) is 20.9 Å². The van der Waals surface area contributed by atoms with Gasteiger partial charge in [0.15, 0.2) is 0 Å². The van der Waals surface area contributed by atoms with E-state index in [1.807, 2.05) is 31.2 Å². The largest absolute Gasteiger partial charge is 0.351 e. The molecular formula is C12H19N3OS. The zero-order valence-electron chi connectivity index (χ0n) is 10.6. The first-order chi connectivity index (χ1) is 8.04. The Morgan fingerprint density at radius 1 is 1.76 bits per heavy atom. The minimum atomic E-state index is -0.169. The van der Waals surface area contributed by atoms with Crippen molar-refractivity contribution in [1.82, 2.24) is 15.2 Å². The first-order valence-electron chi connectivity index (χ1n) is 5.54. The molecule has 1 atom stereocenters. The van der Waals surface area contributed by atoms with E-state index in [-0.39, 0.29) is 11.9 Å². The number of aryl methyl sites for hydroxylation is 1. The summed E-state index contributed by atoms with van der Waals surface area (Å²) in [5, 5.41) is 5.87. The van der Waals surface area contributed by atoms with Gasteiger partial charge in [0.1, 0.15) is 0 Å². The number of hydrogen-bond donors (Lipinski definition) is 1. The van der Waals surface area contributed by atoms with Gasteiger partial charge < -0.3 is 5.32 Å². The van der Waals surface area contributed by atoms with Gasteiger partial charge in [0.05, 0.1) is 16.7 Å². The summed E-state index contributed by atoms with van der Waals surface area (Å²) >= 11 is 1.63. The van der Waals surface area contributed by atoms with Crippen molar-refractivity contribution in [2.75, 3.05) is 13.6 Å². The van der Waals surface area contributed by atoms with Gasteiger partial charge in [-0.3, -0.25) is 9.69 Å². The van der Waals surface area contributed by atoms with Crippen LogP contribution in [0, 0.1) is 6.92 Å². The van der Waals surface area contributed by atoms with Crippen molar-refractivity contribution in [2.24, 2.45) is 0 Å². The molecule has 17 heavy (non-hydrogen) atoms. The highest BCUT2D eigenvalue weighted by Gasteiger charge is 2.17. The Bertz CT molecular complexity index is 389. The molecule has 0 aliphatic carbocycles. The first-order valence-corrected chi connectivity index (χ1v) is 6.42. The van der Waals surface area contributed by atoms with Gasteiger partial charge >= 0.3 is 0 Å². The van der Waals surface area contributed by atoms with Crippen LogP contribution in [0.2, 0.25) is 0 Å². The summed E-state index contributed by atoms with van der Waals surface area (Å²) in [6.07, 6.45) is 1.68. The van der Waals surface area contributed by atoms with Gasteiger partial charge in [-0.1, -0.05) is 6.08 Å². The number of nitrogens with zero attached hydrogens (tertiary/aromatic N) is 2. The Morgan fingerprint density at radius 3 is 3.00 bits per heavy atom. The van der Waals surface area contributed by atoms with Gasteiger partial charge in [-0.2, -0.15) is 0 Å². The Morgan fingerprint density at radius 2 is 2.47 bits per heavy atom. The van der Waals surface area contributed by atoms with E-state index in [1.165, 1.54) is 0 Å². The quantitative estimate of drug-likeness (QED) is 0.783. The molecule has 0 radical (unpaired) electrons. The van der Waals surface area contributed by atoms with Crippen LogP contribution >= 0.6 is 11.3 Å². The van der Waals surface area contributed by atoms with Crippen molar-refractivity contribution < 1.29 is 4.79 Å². The normalized spacial score (nSPS) is 12.5. The molecule has 0 aliphatic heterocycles. The second-order valence-corrected chi connectivity index (χ2v) is 5.05. The number of likely N-dealkylation sites (N-methyl/N-ethyl adjacent to an activating group) is 1. The maximum atomic E-state index is 11.7. The molecule has 1 rings (SSSR count). The van der Waals surface area contributed by atoms with E-state index in [4.69, 9.17) is 0 Å². The highest BCUT2D eigenvalue weighted by molar-refractivity contribution is 7.09. The number of rotatable bonds is 6. The molecule has 1 N–H and O–H groups in total. The van der Waals surface area contributed by atoms with Crippen LogP contribution < -0.4 is 5.32 Å². The Labute approximate surface area is 106 Å². The van der Waals surface area contributed by atoms with Crippen LogP contribution in [0.1, 0.15) is 17.6 Å². The number of nitrogens with one attached hydrogen (secondary N) is 1. The molecule has 1 unspecified atom stereocenters. The fourth-order valence-corrected chi connectivity index (χ4v) is 2.00. The van der Waals surface area contributed by atoms with Gasteiger partial charge in [0.25, 0.3) is 0 Å². The van der Waals surface area contributed by atoms with Crippen LogP contribution in [0.15, 0.2) is 18.0 Å². The summed E-state index contributed by atoms with van der Waals surface area (Å²) in [5.41, 5.74) is 1.01. The van der Waals surface area contributed by atoms with Crippen LogP contribution in [-0.2, 0) is 11.3 Å². The molecule has 0 aromatic carbocycles. The number of thiazole rings is 1. The molecule has 0 bridgehead atoms. The third-order valence-corrected chi connectivity index (χ3v) is 3.36. The van der Waals surface area contributed by atoms with Crippen molar-refractivity contribution in [3.8, 4) is 0 Å². The van der Waals surface area contributed by atoms with Crippen LogP contribution in [0.25, 0.3) is 0 Å². The third kappa shape index (κ3) is 4.28. The summed E-state index contributed by atoms with van der Waals surface area (Å²) in [6, 6.07) is -0.169. The molecule has 1 heterocycles. The number of amides is 1. The smallest absolute Gasteiger partial charge is 0.237 e. The second-order valence-electron chi connectivity index (χ2n) is 3.98. The zero-order valence-corrected chi connectivity index (χ0v) is 11.4. The Kier molecular flexibility index (Phi) is 5.31. The SMILES string of the molecule is C=CCNC(=O)C(C)N(C)Cc1csc(C)n1. The Hall–Kier alpha value is -1.20. The fourth-order valence-electron chi connectivity index (χ4n) is 1.39. The summed E-state index contributed by atoms with van der Waals surface area (Å²) in [5.74, 6) is 0.0133. The minimum Gasteiger partial charge on any atom is -0.351 e. The van der Waals surface area contributed by atoms with Gasteiger partial charge in [0, 0.05) is 18.5 Å². The van der Waals surface area contributed by atoms with Gasteiger partial charge in [-0.15, -0.1) is 17.9 Å². The van der Waals surface area contributed by atoms with E-state index in [1.54, 1.807) is 17.4 Å². The van der Waals surface area contributed by atoms with Crippen molar-refractivity contribution in [2.45, 2.75) is 26.4 Å². The van der Waals surface area contributed by atoms with E-state index in [2.05, 4.69) is 16.9 Å². The molecular weight excluding hydrogens is 234 g/mol. The molecule has 4 nitrogen and oxygen atoms in total. The topological polar surface area (TPSA) is 45.2 Å². The van der Waals surface area contributed by atoms with E-state index >= 15 is 0 Å². The highest BCUT2D eigenvalue weighted by Crippen LogP contribution is 2.11. The van der Waals surface area contributed by atoms with Crippen molar-refractivity contribution >= 4 is 17.2 Å². The average Bonchev–Trinajstić information content (AvgIpc) is 2.70. The van der Waals surface area contributed by atoms with E-state index in [0.29, 0.717) is 13.1 Å². The minimum absolute atomic E-state index is 0.0133. The van der Waals surface area contributed by atoms with Crippen LogP contribution in [0.5, 0.6) is 0 Å². The number of carbonyl (C=O) groups excluding carboxylic acids is 1. The van der Waals surface area contributed by atoms with Crippen molar-refractivity contribution in [3.63, 3.8) is 0 Å². The molecule has 1 aromatic heterocycles. The van der Waals surface area contributed by atoms with Crippen molar-refractivity contribution in [1.29, 1.82) is 0 Å². The molecule has 0 aliphatic rings. The maximum Gasteiger partial charge on any atom is 0.237 e. The zero-order chi connectivity index (χ0) is 12.8. The van der Waals surface area contributed by atoms with E-state index in [9.17, 15) is 4.79 Å². The monoisotopic (exact) mass is 253 g/mol. The van der Waals surface area contributed by atoms with E-state index < -0.39 is 0 Å².